The van der Waals surface area contributed by atoms with Gasteiger partial charge in [-0.3, -0.25) is 9.36 Å². The van der Waals surface area contributed by atoms with Crippen LogP contribution in [0.4, 0.5) is 0 Å². The van der Waals surface area contributed by atoms with Crippen molar-refractivity contribution in [2.45, 2.75) is 19.4 Å². The summed E-state index contributed by atoms with van der Waals surface area (Å²) in [6, 6.07) is 18.5. The van der Waals surface area contributed by atoms with Gasteiger partial charge in [-0.15, -0.1) is 0 Å². The van der Waals surface area contributed by atoms with E-state index in [-0.39, 0.29) is 16.6 Å². The fourth-order valence-electron chi connectivity index (χ4n) is 3.34. The van der Waals surface area contributed by atoms with Crippen LogP contribution < -0.4 is 0 Å². The van der Waals surface area contributed by atoms with Gasteiger partial charge < -0.3 is 4.74 Å². The van der Waals surface area contributed by atoms with Gasteiger partial charge in [0.25, 0.3) is 5.91 Å². The van der Waals surface area contributed by atoms with Crippen LogP contribution in [-0.4, -0.2) is 27.5 Å². The quantitative estimate of drug-likeness (QED) is 0.357. The van der Waals surface area contributed by atoms with Gasteiger partial charge in [-0.1, -0.05) is 54.9 Å². The normalized spacial score (nSPS) is 12.2. The van der Waals surface area contributed by atoms with E-state index in [0.29, 0.717) is 6.42 Å². The van der Waals surface area contributed by atoms with Gasteiger partial charge in [0.05, 0.1) is 16.6 Å². The van der Waals surface area contributed by atoms with Crippen LogP contribution in [0.5, 0.6) is 0 Å². The number of pyridine rings is 1. The van der Waals surface area contributed by atoms with Crippen LogP contribution >= 0.6 is 11.6 Å². The van der Waals surface area contributed by atoms with Crippen molar-refractivity contribution in [2.24, 2.45) is 0 Å². The predicted octanol–water partition coefficient (Wildman–Crippen LogP) is 5.12. The lowest BCUT2D eigenvalue weighted by Gasteiger charge is -2.17. The van der Waals surface area contributed by atoms with Crippen LogP contribution in [0.1, 0.15) is 28.5 Å². The van der Waals surface area contributed by atoms with Crippen molar-refractivity contribution in [3.05, 3.63) is 77.6 Å². The molecule has 0 bridgehead atoms. The number of aromatic nitrogens is 2. The van der Waals surface area contributed by atoms with Crippen LogP contribution in [0, 0.1) is 0 Å². The first-order chi connectivity index (χ1) is 13.6. The average Bonchev–Trinajstić information content (AvgIpc) is 3.06. The van der Waals surface area contributed by atoms with E-state index in [9.17, 15) is 9.59 Å². The summed E-state index contributed by atoms with van der Waals surface area (Å²) in [7, 11) is 0. The van der Waals surface area contributed by atoms with Gasteiger partial charge in [0, 0.05) is 17.0 Å². The van der Waals surface area contributed by atoms with Crippen LogP contribution in [0.3, 0.4) is 0 Å². The van der Waals surface area contributed by atoms with E-state index in [2.05, 4.69) is 4.98 Å². The standard InChI is InChI=1S/C22H17ClN2O3/c1-2-19(28-22(27)16-10-7-13-24-20(16)23)21(26)25-17-11-5-3-8-14(17)15-9-4-6-12-18(15)25/h3-13,19H,2H2,1H3. The summed E-state index contributed by atoms with van der Waals surface area (Å²) in [6.45, 7) is 1.80. The Morgan fingerprint density at radius 3 is 2.18 bits per heavy atom. The first-order valence-electron chi connectivity index (χ1n) is 8.95. The maximum absolute atomic E-state index is 13.4. The molecular formula is C22H17ClN2O3. The molecule has 0 fully saturated rings. The van der Waals surface area contributed by atoms with Gasteiger partial charge in [-0.05, 0) is 30.7 Å². The smallest absolute Gasteiger partial charge is 0.342 e. The van der Waals surface area contributed by atoms with Gasteiger partial charge in [-0.25, -0.2) is 9.78 Å². The second-order valence-electron chi connectivity index (χ2n) is 6.35. The molecule has 1 atom stereocenters. The predicted molar refractivity (Wildman–Crippen MR) is 109 cm³/mol. The molecular weight excluding hydrogens is 376 g/mol. The van der Waals surface area contributed by atoms with E-state index >= 15 is 0 Å². The van der Waals surface area contributed by atoms with Crippen molar-refractivity contribution in [1.82, 2.24) is 9.55 Å². The largest absolute Gasteiger partial charge is 0.449 e. The fraction of sp³-hybridized carbons (Fsp3) is 0.136. The number of esters is 1. The molecule has 0 aliphatic heterocycles. The molecule has 1 unspecified atom stereocenters. The van der Waals surface area contributed by atoms with E-state index < -0.39 is 12.1 Å². The van der Waals surface area contributed by atoms with Crippen molar-refractivity contribution in [2.75, 3.05) is 0 Å². The Balaban J connectivity index is 1.75. The summed E-state index contributed by atoms with van der Waals surface area (Å²) in [6.07, 6.45) is 0.881. The minimum Gasteiger partial charge on any atom is -0.449 e. The van der Waals surface area contributed by atoms with Crippen LogP contribution in [0.25, 0.3) is 21.8 Å². The number of para-hydroxylation sites is 2. The number of carbonyl (C=O) groups is 2. The molecule has 0 spiro atoms. The number of benzene rings is 2. The molecule has 28 heavy (non-hydrogen) atoms. The second-order valence-corrected chi connectivity index (χ2v) is 6.71. The monoisotopic (exact) mass is 392 g/mol. The molecule has 0 saturated carbocycles. The summed E-state index contributed by atoms with van der Waals surface area (Å²) in [5.41, 5.74) is 1.70. The zero-order valence-electron chi connectivity index (χ0n) is 15.1. The number of rotatable bonds is 4. The van der Waals surface area contributed by atoms with E-state index in [1.54, 1.807) is 17.6 Å². The molecule has 0 aliphatic carbocycles. The topological polar surface area (TPSA) is 61.2 Å². The Bertz CT molecular complexity index is 1150. The Morgan fingerprint density at radius 1 is 1.00 bits per heavy atom. The highest BCUT2D eigenvalue weighted by molar-refractivity contribution is 6.32. The Hall–Kier alpha value is -3.18. The fourth-order valence-corrected chi connectivity index (χ4v) is 3.54. The lowest BCUT2D eigenvalue weighted by molar-refractivity contribution is 0.0245. The zero-order chi connectivity index (χ0) is 19.7. The lowest BCUT2D eigenvalue weighted by Crippen LogP contribution is -2.31. The minimum atomic E-state index is -0.942. The maximum atomic E-state index is 13.4. The van der Waals surface area contributed by atoms with E-state index in [0.717, 1.165) is 21.8 Å². The van der Waals surface area contributed by atoms with Crippen LogP contribution in [-0.2, 0) is 4.74 Å². The summed E-state index contributed by atoms with van der Waals surface area (Å²) in [4.78, 5) is 29.8. The van der Waals surface area contributed by atoms with E-state index in [4.69, 9.17) is 16.3 Å². The van der Waals surface area contributed by atoms with Gasteiger partial charge in [-0.2, -0.15) is 0 Å². The summed E-state index contributed by atoms with van der Waals surface area (Å²) >= 11 is 5.98. The average molecular weight is 393 g/mol. The Kier molecular flexibility index (Phi) is 4.84. The number of fused-ring (bicyclic) bond motifs is 3. The number of carbonyl (C=O) groups excluding carboxylic acids is 2. The number of nitrogens with zero attached hydrogens (tertiary/aromatic N) is 2. The highest BCUT2D eigenvalue weighted by Crippen LogP contribution is 2.29. The Labute approximate surface area is 166 Å². The maximum Gasteiger partial charge on any atom is 0.342 e. The molecule has 0 aliphatic rings. The third kappa shape index (κ3) is 3.04. The third-order valence-electron chi connectivity index (χ3n) is 4.67. The van der Waals surface area contributed by atoms with Crippen molar-refractivity contribution in [3.63, 3.8) is 0 Å². The van der Waals surface area contributed by atoms with Crippen molar-refractivity contribution < 1.29 is 14.3 Å². The molecule has 0 amide bonds. The van der Waals surface area contributed by atoms with Crippen molar-refractivity contribution >= 4 is 45.3 Å². The van der Waals surface area contributed by atoms with Gasteiger partial charge in [0.15, 0.2) is 6.10 Å². The molecule has 0 radical (unpaired) electrons. The number of halogens is 1. The van der Waals surface area contributed by atoms with E-state index in [1.807, 2.05) is 48.5 Å². The minimum absolute atomic E-state index is 0.0478. The van der Waals surface area contributed by atoms with Gasteiger partial charge >= 0.3 is 5.97 Å². The van der Waals surface area contributed by atoms with Gasteiger partial charge in [0.1, 0.15) is 5.15 Å². The molecule has 2 heterocycles. The molecule has 5 nitrogen and oxygen atoms in total. The molecule has 0 N–H and O–H groups in total. The molecule has 140 valence electrons. The van der Waals surface area contributed by atoms with Crippen molar-refractivity contribution in [3.8, 4) is 0 Å². The van der Waals surface area contributed by atoms with E-state index in [1.165, 1.54) is 12.3 Å². The lowest BCUT2D eigenvalue weighted by atomic mass is 10.2. The number of hydrogen-bond donors (Lipinski definition) is 0. The third-order valence-corrected chi connectivity index (χ3v) is 4.98. The molecule has 2 aromatic heterocycles. The first kappa shape index (κ1) is 18.2. The van der Waals surface area contributed by atoms with Crippen LogP contribution in [0.2, 0.25) is 5.15 Å². The Morgan fingerprint density at radius 2 is 1.61 bits per heavy atom. The highest BCUT2D eigenvalue weighted by atomic mass is 35.5. The molecule has 0 saturated heterocycles. The molecule has 4 rings (SSSR count). The van der Waals surface area contributed by atoms with Gasteiger partial charge in [0.2, 0.25) is 0 Å². The second kappa shape index (κ2) is 7.44. The van der Waals surface area contributed by atoms with Crippen molar-refractivity contribution in [1.29, 1.82) is 0 Å². The highest BCUT2D eigenvalue weighted by Gasteiger charge is 2.27. The van der Waals surface area contributed by atoms with Crippen LogP contribution in [0.15, 0.2) is 66.9 Å². The first-order valence-corrected chi connectivity index (χ1v) is 9.33. The zero-order valence-corrected chi connectivity index (χ0v) is 15.9. The molecule has 6 heteroatoms. The number of hydrogen-bond acceptors (Lipinski definition) is 4. The molecule has 4 aromatic rings. The summed E-state index contributed by atoms with van der Waals surface area (Å²) in [5, 5.41) is 2.00. The SMILES string of the molecule is CCC(OC(=O)c1cccnc1Cl)C(=O)n1c2ccccc2c2ccccc21. The summed E-state index contributed by atoms with van der Waals surface area (Å²) in [5.74, 6) is -0.965. The summed E-state index contributed by atoms with van der Waals surface area (Å²) < 4.78 is 7.14. The number of ether oxygens (including phenoxy) is 1. The molecule has 2 aromatic carbocycles.